The van der Waals surface area contributed by atoms with Crippen molar-refractivity contribution in [2.45, 2.75) is 32.8 Å². The molecule has 1 aliphatic rings. The maximum absolute atomic E-state index is 12.6. The van der Waals surface area contributed by atoms with E-state index in [-0.39, 0.29) is 12.2 Å². The molecule has 0 saturated heterocycles. The molecule has 0 bridgehead atoms. The van der Waals surface area contributed by atoms with Gasteiger partial charge in [-0.2, -0.15) is 0 Å². The molecule has 0 spiro atoms. The van der Waals surface area contributed by atoms with Crippen LogP contribution in [-0.2, 0) is 9.53 Å². The zero-order valence-electron chi connectivity index (χ0n) is 12.1. The van der Waals surface area contributed by atoms with Crippen molar-refractivity contribution < 1.29 is 19.1 Å². The number of para-hydroxylation sites is 1. The van der Waals surface area contributed by atoms with Gasteiger partial charge in [0.2, 0.25) is 5.78 Å². The molecule has 0 saturated carbocycles. The van der Waals surface area contributed by atoms with Gasteiger partial charge in [-0.25, -0.2) is 4.79 Å². The number of benzene rings is 1. The summed E-state index contributed by atoms with van der Waals surface area (Å²) in [6.45, 7) is 5.66. The van der Waals surface area contributed by atoms with Gasteiger partial charge in [0.25, 0.3) is 5.60 Å². The molecule has 1 aliphatic heterocycles. The van der Waals surface area contributed by atoms with Crippen LogP contribution in [0.3, 0.4) is 0 Å². The van der Waals surface area contributed by atoms with Crippen molar-refractivity contribution in [3.63, 3.8) is 0 Å². The minimum atomic E-state index is -1.58. The number of methoxy groups -OCH3 is 1. The molecule has 4 heteroatoms. The summed E-state index contributed by atoms with van der Waals surface area (Å²) >= 11 is 0. The smallest absolute Gasteiger partial charge is 0.358 e. The second-order valence-electron chi connectivity index (χ2n) is 5.19. The molecule has 0 radical (unpaired) electrons. The van der Waals surface area contributed by atoms with Gasteiger partial charge >= 0.3 is 5.97 Å². The lowest BCUT2D eigenvalue weighted by Crippen LogP contribution is -2.48. The third kappa shape index (κ3) is 2.11. The molecule has 1 unspecified atom stereocenters. The van der Waals surface area contributed by atoms with Gasteiger partial charge in [-0.3, -0.25) is 4.79 Å². The van der Waals surface area contributed by atoms with Crippen LogP contribution in [-0.4, -0.2) is 24.5 Å². The summed E-state index contributed by atoms with van der Waals surface area (Å²) in [6.07, 6.45) is 1.99. The highest BCUT2D eigenvalue weighted by Crippen LogP contribution is 2.40. The topological polar surface area (TPSA) is 52.6 Å². The maximum atomic E-state index is 12.6. The highest BCUT2D eigenvalue weighted by atomic mass is 16.6. The van der Waals surface area contributed by atoms with E-state index in [0.29, 0.717) is 11.3 Å². The number of ether oxygens (including phenoxy) is 2. The van der Waals surface area contributed by atoms with Gasteiger partial charge in [0, 0.05) is 6.42 Å². The number of ketones is 1. The Labute approximate surface area is 118 Å². The third-order valence-electron chi connectivity index (χ3n) is 3.41. The molecule has 2 rings (SSSR count). The largest absolute Gasteiger partial charge is 0.466 e. The first kappa shape index (κ1) is 14.3. The third-order valence-corrected chi connectivity index (χ3v) is 3.41. The van der Waals surface area contributed by atoms with Crippen molar-refractivity contribution in [1.29, 1.82) is 0 Å². The molecule has 4 nitrogen and oxygen atoms in total. The average molecular weight is 274 g/mol. The fourth-order valence-electron chi connectivity index (χ4n) is 2.27. The highest BCUT2D eigenvalue weighted by Gasteiger charge is 2.54. The minimum Gasteiger partial charge on any atom is -0.466 e. The van der Waals surface area contributed by atoms with Gasteiger partial charge in [0.1, 0.15) is 5.75 Å². The van der Waals surface area contributed by atoms with E-state index in [9.17, 15) is 9.59 Å². The van der Waals surface area contributed by atoms with Crippen molar-refractivity contribution in [2.24, 2.45) is 0 Å². The first-order chi connectivity index (χ1) is 9.42. The summed E-state index contributed by atoms with van der Waals surface area (Å²) in [4.78, 5) is 24.8. The number of hydrogen-bond donors (Lipinski definition) is 0. The number of esters is 1. The predicted molar refractivity (Wildman–Crippen MR) is 74.9 cm³/mol. The van der Waals surface area contributed by atoms with Crippen LogP contribution in [0, 0.1) is 6.92 Å². The SMILES string of the molecule is COC(=O)C1(CC=C(C)C)Oc2c(C)cccc2C1=O. The molecule has 1 aromatic carbocycles. The van der Waals surface area contributed by atoms with Crippen LogP contribution < -0.4 is 4.74 Å². The quantitative estimate of drug-likeness (QED) is 0.483. The normalized spacial score (nSPS) is 20.1. The second kappa shape index (κ2) is 5.12. The van der Waals surface area contributed by atoms with Crippen LogP contribution in [0.5, 0.6) is 5.75 Å². The highest BCUT2D eigenvalue weighted by molar-refractivity contribution is 6.19. The number of carbonyl (C=O) groups is 2. The van der Waals surface area contributed by atoms with Crippen LogP contribution in [0.15, 0.2) is 29.8 Å². The molecule has 0 aliphatic carbocycles. The lowest BCUT2D eigenvalue weighted by atomic mass is 9.91. The summed E-state index contributed by atoms with van der Waals surface area (Å²) in [6, 6.07) is 5.31. The first-order valence-electron chi connectivity index (χ1n) is 6.47. The van der Waals surface area contributed by atoms with Crippen molar-refractivity contribution in [3.05, 3.63) is 41.0 Å². The monoisotopic (exact) mass is 274 g/mol. The van der Waals surface area contributed by atoms with Crippen molar-refractivity contribution in [1.82, 2.24) is 0 Å². The van der Waals surface area contributed by atoms with Crippen LogP contribution in [0.4, 0.5) is 0 Å². The molecule has 0 N–H and O–H groups in total. The summed E-state index contributed by atoms with van der Waals surface area (Å²) in [5, 5.41) is 0. The van der Waals surface area contributed by atoms with Crippen molar-refractivity contribution >= 4 is 11.8 Å². The summed E-state index contributed by atoms with van der Waals surface area (Å²) in [5.41, 5.74) is 0.703. The molecule has 0 amide bonds. The van der Waals surface area contributed by atoms with E-state index in [4.69, 9.17) is 9.47 Å². The Morgan fingerprint density at radius 2 is 2.10 bits per heavy atom. The number of hydrogen-bond acceptors (Lipinski definition) is 4. The van der Waals surface area contributed by atoms with Gasteiger partial charge in [-0.05, 0) is 32.4 Å². The number of fused-ring (bicyclic) bond motifs is 1. The van der Waals surface area contributed by atoms with Crippen LogP contribution in [0.1, 0.15) is 36.2 Å². The van der Waals surface area contributed by atoms with Crippen molar-refractivity contribution in [2.75, 3.05) is 7.11 Å². The van der Waals surface area contributed by atoms with Gasteiger partial charge in [0.15, 0.2) is 0 Å². The molecule has 106 valence electrons. The van der Waals surface area contributed by atoms with E-state index < -0.39 is 11.6 Å². The molecule has 20 heavy (non-hydrogen) atoms. The molecule has 1 heterocycles. The number of carbonyl (C=O) groups excluding carboxylic acids is 2. The number of Topliss-reactive ketones (excluding diaryl/α,β-unsaturated/α-hetero) is 1. The summed E-state index contributed by atoms with van der Waals surface area (Å²) in [5.74, 6) is -0.513. The maximum Gasteiger partial charge on any atom is 0.358 e. The lowest BCUT2D eigenvalue weighted by molar-refractivity contribution is -0.153. The first-order valence-corrected chi connectivity index (χ1v) is 6.47. The number of rotatable bonds is 3. The fraction of sp³-hybridized carbons (Fsp3) is 0.375. The zero-order chi connectivity index (χ0) is 14.9. The van der Waals surface area contributed by atoms with Crippen LogP contribution >= 0.6 is 0 Å². The Morgan fingerprint density at radius 1 is 1.40 bits per heavy atom. The molecule has 0 aromatic heterocycles. The van der Waals surface area contributed by atoms with Gasteiger partial charge in [-0.1, -0.05) is 23.8 Å². The van der Waals surface area contributed by atoms with Crippen molar-refractivity contribution in [3.8, 4) is 5.75 Å². The Balaban J connectivity index is 2.52. The Hall–Kier alpha value is -2.10. The molecule has 0 fully saturated rings. The Morgan fingerprint density at radius 3 is 2.65 bits per heavy atom. The van der Waals surface area contributed by atoms with Crippen LogP contribution in [0.2, 0.25) is 0 Å². The number of allylic oxidation sites excluding steroid dienone is 1. The van der Waals surface area contributed by atoms with Gasteiger partial charge in [-0.15, -0.1) is 0 Å². The average Bonchev–Trinajstić information content (AvgIpc) is 2.72. The second-order valence-corrected chi connectivity index (χ2v) is 5.19. The zero-order valence-corrected chi connectivity index (χ0v) is 12.1. The van der Waals surface area contributed by atoms with Crippen LogP contribution in [0.25, 0.3) is 0 Å². The molecular weight excluding hydrogens is 256 g/mol. The van der Waals surface area contributed by atoms with E-state index in [1.165, 1.54) is 7.11 Å². The Bertz CT molecular complexity index is 596. The molecule has 1 aromatic rings. The Kier molecular flexibility index (Phi) is 3.66. The van der Waals surface area contributed by atoms with Gasteiger partial charge < -0.3 is 9.47 Å². The van der Waals surface area contributed by atoms with E-state index in [0.717, 1.165) is 11.1 Å². The number of aryl methyl sites for hydroxylation is 1. The molecule has 1 atom stereocenters. The fourth-order valence-corrected chi connectivity index (χ4v) is 2.27. The van der Waals surface area contributed by atoms with E-state index >= 15 is 0 Å². The molecular formula is C16H18O4. The minimum absolute atomic E-state index is 0.176. The predicted octanol–water partition coefficient (Wildman–Crippen LogP) is 2.84. The lowest BCUT2D eigenvalue weighted by Gasteiger charge is -2.23. The van der Waals surface area contributed by atoms with E-state index in [2.05, 4.69) is 0 Å². The standard InChI is InChI=1S/C16H18O4/c1-10(2)8-9-16(15(18)19-4)14(17)12-7-5-6-11(3)13(12)20-16/h5-8H,9H2,1-4H3. The van der Waals surface area contributed by atoms with Gasteiger partial charge in [0.05, 0.1) is 12.7 Å². The van der Waals surface area contributed by atoms with E-state index in [1.54, 1.807) is 12.1 Å². The summed E-state index contributed by atoms with van der Waals surface area (Å²) in [7, 11) is 1.26. The summed E-state index contributed by atoms with van der Waals surface area (Å²) < 4.78 is 10.6. The van der Waals surface area contributed by atoms with E-state index in [1.807, 2.05) is 32.9 Å².